The first-order valence-electron chi connectivity index (χ1n) is 19.9. The van der Waals surface area contributed by atoms with Crippen LogP contribution in [-0.4, -0.2) is 90.0 Å². The molecule has 0 radical (unpaired) electrons. The number of rotatable bonds is 4. The third-order valence-electron chi connectivity index (χ3n) is 12.7. The molecule has 0 saturated carbocycles. The molecule has 6 aliphatic rings. The van der Waals surface area contributed by atoms with Gasteiger partial charge >= 0.3 is 12.0 Å². The van der Waals surface area contributed by atoms with Gasteiger partial charge in [0.2, 0.25) is 0 Å². The summed E-state index contributed by atoms with van der Waals surface area (Å²) >= 11 is 0. The van der Waals surface area contributed by atoms with Crippen molar-refractivity contribution in [2.75, 3.05) is 19.0 Å². The van der Waals surface area contributed by atoms with E-state index in [0.29, 0.717) is 42.7 Å². The van der Waals surface area contributed by atoms with Gasteiger partial charge in [0.05, 0.1) is 31.0 Å². The maximum Gasteiger partial charge on any atom is 0.318 e. The average molecular weight is 747 g/mol. The highest BCUT2D eigenvalue weighted by molar-refractivity contribution is 5.89. The van der Waals surface area contributed by atoms with Crippen LogP contribution >= 0.6 is 0 Å². The summed E-state index contributed by atoms with van der Waals surface area (Å²) in [6.07, 6.45) is 12.0. The molecule has 11 heteroatoms. The van der Waals surface area contributed by atoms with Crippen LogP contribution in [0.25, 0.3) is 0 Å². The number of aliphatic hydroxyl groups is 2. The fourth-order valence-corrected chi connectivity index (χ4v) is 9.55. The molecule has 1 aromatic rings. The lowest BCUT2D eigenvalue weighted by molar-refractivity contribution is -0.335. The number of ether oxygens (including phenoxy) is 5. The Morgan fingerprint density at radius 2 is 1.89 bits per heavy atom. The smallest absolute Gasteiger partial charge is 0.318 e. The third kappa shape index (κ3) is 7.60. The van der Waals surface area contributed by atoms with E-state index < -0.39 is 41.6 Å². The van der Waals surface area contributed by atoms with Crippen LogP contribution in [0.3, 0.4) is 0 Å². The van der Waals surface area contributed by atoms with Gasteiger partial charge < -0.3 is 44.5 Å². The standard InChI is InChI=1S/C43H58N2O9/c1-7-36-24(2)15-16-42(54-36)22-34-21-32(53-42)14-11-26(4)38(51-33-19-28-12-13-31(18-29(28)20-33)45-41(48)44-6)25(3)9-8-10-30-23-50-39-37(46)27(5)17-35(40(47)52-34)43(30,39)49/h8-13,17-18,24-25,32-39,46,49H,7,14-16,19-23H2,1-6H3,(H2,44,45,48)/b9-8+,26-11+,30-10+/t24-,25-,32+,33-,34-,35-,36+,37+,38+,39-,42+,43+/m0/s1. The molecule has 4 heterocycles. The SMILES string of the molecule is CC[C@H]1O[C@]2(CC[C@@H]1C)C[C@@H]1C[C@@H](C/C=C(\C)[C@H](O[C@H]3Cc4ccc(NC(=O)NC)cc4C3)[C@@H](C)/C=C/C=C3\CO[C@H]4[C@H](O)C(C)=C[C@@H](C(=O)O1)[C@]34O)O2. The second-order valence-corrected chi connectivity index (χ2v) is 16.5. The minimum absolute atomic E-state index is 0.0378. The van der Waals surface area contributed by atoms with Crippen LogP contribution in [0.15, 0.2) is 65.3 Å². The fourth-order valence-electron chi connectivity index (χ4n) is 9.55. The lowest BCUT2D eigenvalue weighted by Crippen LogP contribution is -2.58. The van der Waals surface area contributed by atoms with Crippen molar-refractivity contribution in [3.05, 3.63) is 76.4 Å². The Morgan fingerprint density at radius 3 is 2.67 bits per heavy atom. The van der Waals surface area contributed by atoms with E-state index in [1.54, 1.807) is 20.0 Å². The summed E-state index contributed by atoms with van der Waals surface area (Å²) in [6, 6.07) is 5.75. The number of urea groups is 1. The first-order valence-corrected chi connectivity index (χ1v) is 19.9. The number of hydrogen-bond donors (Lipinski definition) is 4. The summed E-state index contributed by atoms with van der Waals surface area (Å²) in [5, 5.41) is 29.0. The van der Waals surface area contributed by atoms with Gasteiger partial charge in [0.1, 0.15) is 29.8 Å². The van der Waals surface area contributed by atoms with E-state index in [9.17, 15) is 19.8 Å². The molecule has 0 aromatic heterocycles. The normalized spacial score (nSPS) is 42.0. The number of hydrogen-bond acceptors (Lipinski definition) is 9. The number of esters is 1. The van der Waals surface area contributed by atoms with Crippen LogP contribution in [0.1, 0.15) is 84.3 Å². The predicted octanol–water partition coefficient (Wildman–Crippen LogP) is 5.84. The van der Waals surface area contributed by atoms with E-state index in [0.717, 1.165) is 42.5 Å². The monoisotopic (exact) mass is 746 g/mol. The molecule has 294 valence electrons. The molecule has 2 amide bonds. The Labute approximate surface area is 319 Å². The van der Waals surface area contributed by atoms with Gasteiger partial charge in [-0.05, 0) is 91.8 Å². The zero-order valence-electron chi connectivity index (χ0n) is 32.5. The number of anilines is 1. The molecule has 1 spiro atoms. The van der Waals surface area contributed by atoms with E-state index in [2.05, 4.69) is 56.5 Å². The van der Waals surface area contributed by atoms with Gasteiger partial charge in [-0.1, -0.05) is 57.2 Å². The molecule has 54 heavy (non-hydrogen) atoms. The molecule has 2 bridgehead atoms. The van der Waals surface area contributed by atoms with E-state index in [4.69, 9.17) is 23.7 Å². The molecular formula is C43H58N2O9. The molecule has 4 aliphatic heterocycles. The van der Waals surface area contributed by atoms with Crippen molar-refractivity contribution in [2.45, 2.75) is 140 Å². The maximum absolute atomic E-state index is 14.2. The zero-order chi connectivity index (χ0) is 38.4. The van der Waals surface area contributed by atoms with Crippen molar-refractivity contribution in [1.82, 2.24) is 5.32 Å². The van der Waals surface area contributed by atoms with E-state index in [-0.39, 0.29) is 43.0 Å². The van der Waals surface area contributed by atoms with Gasteiger partial charge in [0, 0.05) is 37.9 Å². The minimum Gasteiger partial charge on any atom is -0.462 e. The second-order valence-electron chi connectivity index (χ2n) is 16.5. The summed E-state index contributed by atoms with van der Waals surface area (Å²) in [5.74, 6) is -2.14. The molecular weight excluding hydrogens is 688 g/mol. The Balaban J connectivity index is 1.21. The molecule has 3 saturated heterocycles. The molecule has 4 N–H and O–H groups in total. The lowest BCUT2D eigenvalue weighted by atomic mass is 9.71. The number of aliphatic hydroxyl groups excluding tert-OH is 1. The van der Waals surface area contributed by atoms with Crippen molar-refractivity contribution < 1.29 is 43.5 Å². The number of allylic oxidation sites excluding steroid dienone is 2. The summed E-state index contributed by atoms with van der Waals surface area (Å²) in [7, 11) is 1.59. The molecule has 11 nitrogen and oxygen atoms in total. The number of carbonyl (C=O) groups excluding carboxylic acids is 2. The van der Waals surface area contributed by atoms with Crippen molar-refractivity contribution in [2.24, 2.45) is 17.8 Å². The first kappa shape index (κ1) is 38.9. The Kier molecular flexibility index (Phi) is 11.3. The van der Waals surface area contributed by atoms with Crippen molar-refractivity contribution >= 4 is 17.7 Å². The van der Waals surface area contributed by atoms with Crippen LogP contribution < -0.4 is 10.6 Å². The van der Waals surface area contributed by atoms with Crippen LogP contribution in [0.4, 0.5) is 10.5 Å². The van der Waals surface area contributed by atoms with Gasteiger partial charge in [-0.2, -0.15) is 0 Å². The molecule has 7 rings (SSSR count). The number of carbonyl (C=O) groups is 2. The lowest BCUT2D eigenvalue weighted by Gasteiger charge is -2.50. The highest BCUT2D eigenvalue weighted by atomic mass is 16.7. The molecule has 12 atom stereocenters. The number of nitrogens with one attached hydrogen (secondary N) is 2. The molecule has 3 fully saturated rings. The summed E-state index contributed by atoms with van der Waals surface area (Å²) in [4.78, 5) is 26.1. The third-order valence-corrected chi connectivity index (χ3v) is 12.7. The topological polar surface area (TPSA) is 145 Å². The number of benzene rings is 1. The first-order chi connectivity index (χ1) is 25.8. The molecule has 1 aromatic carbocycles. The summed E-state index contributed by atoms with van der Waals surface area (Å²) in [6.45, 7) is 10.4. The number of amides is 2. The summed E-state index contributed by atoms with van der Waals surface area (Å²) < 4.78 is 33.0. The van der Waals surface area contributed by atoms with Crippen LogP contribution in [0.2, 0.25) is 0 Å². The quantitative estimate of drug-likeness (QED) is 0.221. The van der Waals surface area contributed by atoms with Crippen molar-refractivity contribution in [1.29, 1.82) is 0 Å². The molecule has 2 aliphatic carbocycles. The molecule has 0 unspecified atom stereocenters. The van der Waals surface area contributed by atoms with Gasteiger partial charge in [-0.3, -0.25) is 4.79 Å². The van der Waals surface area contributed by atoms with E-state index in [1.807, 2.05) is 24.3 Å². The Hall–Kier alpha value is -3.32. The van der Waals surface area contributed by atoms with Crippen LogP contribution in [-0.2, 0) is 41.3 Å². The van der Waals surface area contributed by atoms with Gasteiger partial charge in [-0.15, -0.1) is 0 Å². The average Bonchev–Trinajstić information content (AvgIpc) is 3.71. The van der Waals surface area contributed by atoms with E-state index >= 15 is 0 Å². The Bertz CT molecular complexity index is 1720. The minimum atomic E-state index is -1.78. The van der Waals surface area contributed by atoms with Gasteiger partial charge in [0.25, 0.3) is 0 Å². The zero-order valence-corrected chi connectivity index (χ0v) is 32.5. The van der Waals surface area contributed by atoms with Crippen LogP contribution in [0.5, 0.6) is 0 Å². The fraction of sp³-hybridized carbons (Fsp3) is 0.628. The highest BCUT2D eigenvalue weighted by Crippen LogP contribution is 2.47. The van der Waals surface area contributed by atoms with E-state index in [1.165, 1.54) is 5.56 Å². The van der Waals surface area contributed by atoms with Gasteiger partial charge in [-0.25, -0.2) is 4.79 Å². The Morgan fingerprint density at radius 1 is 1.09 bits per heavy atom. The summed E-state index contributed by atoms with van der Waals surface area (Å²) in [5.41, 5.74) is 3.48. The van der Waals surface area contributed by atoms with Gasteiger partial charge in [0.15, 0.2) is 5.79 Å². The largest absolute Gasteiger partial charge is 0.462 e. The van der Waals surface area contributed by atoms with Crippen molar-refractivity contribution in [3.63, 3.8) is 0 Å². The van der Waals surface area contributed by atoms with Crippen LogP contribution in [0, 0.1) is 17.8 Å². The van der Waals surface area contributed by atoms with Crippen molar-refractivity contribution in [3.8, 4) is 0 Å². The highest BCUT2D eigenvalue weighted by Gasteiger charge is 2.60. The maximum atomic E-state index is 14.2. The number of fused-ring (bicyclic) bond motifs is 3. The predicted molar refractivity (Wildman–Crippen MR) is 204 cm³/mol. The second kappa shape index (κ2) is 15.7.